The van der Waals surface area contributed by atoms with Crippen molar-refractivity contribution in [3.05, 3.63) is 33.7 Å². The molecule has 0 aromatic carbocycles. The highest BCUT2D eigenvalue weighted by atomic mass is 16.2. The fourth-order valence-corrected chi connectivity index (χ4v) is 3.45. The van der Waals surface area contributed by atoms with Crippen molar-refractivity contribution < 1.29 is 4.79 Å². The van der Waals surface area contributed by atoms with Gasteiger partial charge in [-0.1, -0.05) is 0 Å². The molecule has 2 fully saturated rings. The average molecular weight is 289 g/mol. The largest absolute Gasteiger partial charge is 0.364 e. The highest BCUT2D eigenvalue weighted by Gasteiger charge is 2.30. The summed E-state index contributed by atoms with van der Waals surface area (Å²) in [5.41, 5.74) is 0.868. The molecular formula is C16H23N3O2. The molecular weight excluding hydrogens is 266 g/mol. The van der Waals surface area contributed by atoms with Crippen LogP contribution in [0.1, 0.15) is 41.7 Å². The Bertz CT molecular complexity index is 575. The van der Waals surface area contributed by atoms with Gasteiger partial charge in [-0.25, -0.2) is 0 Å². The van der Waals surface area contributed by atoms with Gasteiger partial charge in [0.2, 0.25) is 0 Å². The van der Waals surface area contributed by atoms with Crippen LogP contribution in [0.25, 0.3) is 0 Å². The Hall–Kier alpha value is -1.62. The maximum absolute atomic E-state index is 12.6. The van der Waals surface area contributed by atoms with Gasteiger partial charge in [0.1, 0.15) is 5.56 Å². The van der Waals surface area contributed by atoms with Gasteiger partial charge in [0.25, 0.3) is 5.91 Å². The summed E-state index contributed by atoms with van der Waals surface area (Å²) in [7, 11) is 0. The minimum atomic E-state index is -0.181. The van der Waals surface area contributed by atoms with Crippen LogP contribution in [0.4, 0.5) is 0 Å². The molecule has 21 heavy (non-hydrogen) atoms. The number of H-pyrrole nitrogens is 1. The van der Waals surface area contributed by atoms with Crippen LogP contribution in [0.5, 0.6) is 0 Å². The Morgan fingerprint density at radius 2 is 2.00 bits per heavy atom. The second-order valence-corrected chi connectivity index (χ2v) is 6.18. The lowest BCUT2D eigenvalue weighted by molar-refractivity contribution is 0.0606. The third kappa shape index (κ3) is 3.02. The first-order valence-electron chi connectivity index (χ1n) is 7.88. The Labute approximate surface area is 124 Å². The number of nitrogens with one attached hydrogen (secondary N) is 1. The first-order valence-corrected chi connectivity index (χ1v) is 7.88. The third-order valence-corrected chi connectivity index (χ3v) is 4.63. The van der Waals surface area contributed by atoms with Crippen LogP contribution >= 0.6 is 0 Å². The number of aromatic amines is 1. The number of nitrogens with zero attached hydrogens (tertiary/aromatic N) is 2. The number of rotatable bonds is 2. The van der Waals surface area contributed by atoms with Crippen molar-refractivity contribution in [1.82, 2.24) is 14.8 Å². The number of hydrogen-bond donors (Lipinski definition) is 1. The molecule has 1 unspecified atom stereocenters. The molecule has 114 valence electrons. The van der Waals surface area contributed by atoms with Gasteiger partial charge in [-0.15, -0.1) is 0 Å². The molecule has 1 aromatic heterocycles. The summed E-state index contributed by atoms with van der Waals surface area (Å²) < 4.78 is 0. The molecule has 5 heteroatoms. The highest BCUT2D eigenvalue weighted by molar-refractivity contribution is 5.93. The van der Waals surface area contributed by atoms with Gasteiger partial charge in [-0.05, 0) is 45.7 Å². The molecule has 1 amide bonds. The van der Waals surface area contributed by atoms with E-state index in [4.69, 9.17) is 0 Å². The zero-order chi connectivity index (χ0) is 14.8. The zero-order valence-electron chi connectivity index (χ0n) is 12.6. The molecule has 3 heterocycles. The quantitative estimate of drug-likeness (QED) is 0.895. The van der Waals surface area contributed by atoms with Crippen LogP contribution in [0.3, 0.4) is 0 Å². The molecule has 0 radical (unpaired) electrons. The molecule has 1 N–H and O–H groups in total. The Morgan fingerprint density at radius 3 is 2.71 bits per heavy atom. The molecule has 0 bridgehead atoms. The zero-order valence-corrected chi connectivity index (χ0v) is 12.6. The standard InChI is InChI=1S/C16H23N3O2/c1-12-9-15(20)14(10-17-12)16(21)19-8-4-5-13(11-19)18-6-2-3-7-18/h9-10,13H,2-8,11H2,1H3,(H,17,20). The van der Waals surface area contributed by atoms with E-state index in [1.54, 1.807) is 6.20 Å². The van der Waals surface area contributed by atoms with Crippen LogP contribution in [0, 0.1) is 6.92 Å². The van der Waals surface area contributed by atoms with Crippen LogP contribution in [0.2, 0.25) is 0 Å². The summed E-state index contributed by atoms with van der Waals surface area (Å²) in [5.74, 6) is -0.125. The summed E-state index contributed by atoms with van der Waals surface area (Å²) in [6, 6.07) is 1.96. The summed E-state index contributed by atoms with van der Waals surface area (Å²) >= 11 is 0. The lowest BCUT2D eigenvalue weighted by atomic mass is 10.0. The smallest absolute Gasteiger partial charge is 0.259 e. The van der Waals surface area contributed by atoms with Gasteiger partial charge in [0, 0.05) is 37.1 Å². The molecule has 2 aliphatic heterocycles. The lowest BCUT2D eigenvalue weighted by Crippen LogP contribution is -2.49. The Morgan fingerprint density at radius 1 is 1.24 bits per heavy atom. The molecule has 5 nitrogen and oxygen atoms in total. The van der Waals surface area contributed by atoms with Gasteiger partial charge in [-0.2, -0.15) is 0 Å². The predicted molar refractivity (Wildman–Crippen MR) is 81.5 cm³/mol. The van der Waals surface area contributed by atoms with Crippen molar-refractivity contribution in [2.75, 3.05) is 26.2 Å². The molecule has 2 saturated heterocycles. The van der Waals surface area contributed by atoms with E-state index in [0.717, 1.165) is 44.7 Å². The molecule has 0 aliphatic carbocycles. The van der Waals surface area contributed by atoms with Gasteiger partial charge in [0.15, 0.2) is 5.43 Å². The SMILES string of the molecule is Cc1cc(=O)c(C(=O)N2CCCC(N3CCCC3)C2)c[nH]1. The van der Waals surface area contributed by atoms with E-state index in [-0.39, 0.29) is 16.9 Å². The molecule has 2 aliphatic rings. The number of amides is 1. The van der Waals surface area contributed by atoms with Crippen LogP contribution in [-0.2, 0) is 0 Å². The van der Waals surface area contributed by atoms with Crippen LogP contribution in [0.15, 0.2) is 17.1 Å². The fourth-order valence-electron chi connectivity index (χ4n) is 3.45. The maximum atomic E-state index is 12.6. The lowest BCUT2D eigenvalue weighted by Gasteiger charge is -2.37. The average Bonchev–Trinajstić information content (AvgIpc) is 3.01. The summed E-state index contributed by atoms with van der Waals surface area (Å²) in [5, 5.41) is 0. The number of pyridine rings is 1. The van der Waals surface area contributed by atoms with Crippen molar-refractivity contribution in [2.45, 2.75) is 38.6 Å². The Kier molecular flexibility index (Phi) is 4.10. The van der Waals surface area contributed by atoms with Crippen LogP contribution in [-0.4, -0.2) is 52.9 Å². The monoisotopic (exact) mass is 289 g/mol. The second-order valence-electron chi connectivity index (χ2n) is 6.18. The van der Waals surface area contributed by atoms with E-state index < -0.39 is 0 Å². The van der Waals surface area contributed by atoms with Crippen molar-refractivity contribution in [2.24, 2.45) is 0 Å². The summed E-state index contributed by atoms with van der Waals surface area (Å²) in [6.45, 7) is 5.64. The number of hydrogen-bond acceptors (Lipinski definition) is 3. The fraction of sp³-hybridized carbons (Fsp3) is 0.625. The number of carbonyl (C=O) groups is 1. The summed E-state index contributed by atoms with van der Waals surface area (Å²) in [4.78, 5) is 31.9. The maximum Gasteiger partial charge on any atom is 0.259 e. The number of aryl methyl sites for hydroxylation is 1. The molecule has 3 rings (SSSR count). The van der Waals surface area contributed by atoms with Gasteiger partial charge in [-0.3, -0.25) is 14.5 Å². The van der Waals surface area contributed by atoms with Crippen LogP contribution < -0.4 is 5.43 Å². The minimum absolute atomic E-state index is 0.125. The first-order chi connectivity index (χ1) is 10.1. The Balaban J connectivity index is 1.73. The summed E-state index contributed by atoms with van der Waals surface area (Å²) in [6.07, 6.45) is 6.27. The number of carbonyl (C=O) groups excluding carboxylic acids is 1. The third-order valence-electron chi connectivity index (χ3n) is 4.63. The topological polar surface area (TPSA) is 56.4 Å². The number of piperidine rings is 1. The van der Waals surface area contributed by atoms with Gasteiger partial charge in [0.05, 0.1) is 0 Å². The molecule has 1 atom stereocenters. The van der Waals surface area contributed by atoms with E-state index in [9.17, 15) is 9.59 Å². The number of likely N-dealkylation sites (tertiary alicyclic amines) is 2. The minimum Gasteiger partial charge on any atom is -0.364 e. The molecule has 0 spiro atoms. The first kappa shape index (κ1) is 14.3. The van der Waals surface area contributed by atoms with E-state index in [0.29, 0.717) is 6.04 Å². The highest BCUT2D eigenvalue weighted by Crippen LogP contribution is 2.21. The van der Waals surface area contributed by atoms with E-state index in [2.05, 4.69) is 9.88 Å². The number of aromatic nitrogens is 1. The normalized spacial score (nSPS) is 23.5. The van der Waals surface area contributed by atoms with Crippen molar-refractivity contribution in [1.29, 1.82) is 0 Å². The van der Waals surface area contributed by atoms with Crippen molar-refractivity contribution in [3.8, 4) is 0 Å². The molecule has 1 aromatic rings. The van der Waals surface area contributed by atoms with Gasteiger partial charge >= 0.3 is 0 Å². The van der Waals surface area contributed by atoms with Crippen molar-refractivity contribution >= 4 is 5.91 Å². The molecule has 0 saturated carbocycles. The van der Waals surface area contributed by atoms with E-state index >= 15 is 0 Å². The van der Waals surface area contributed by atoms with Crippen molar-refractivity contribution in [3.63, 3.8) is 0 Å². The van der Waals surface area contributed by atoms with E-state index in [1.165, 1.54) is 18.9 Å². The predicted octanol–water partition coefficient (Wildman–Crippen LogP) is 1.38. The second kappa shape index (κ2) is 6.02. The van der Waals surface area contributed by atoms with E-state index in [1.807, 2.05) is 11.8 Å². The van der Waals surface area contributed by atoms with Gasteiger partial charge < -0.3 is 9.88 Å².